The average molecular weight is 221 g/mol. The van der Waals surface area contributed by atoms with E-state index >= 15 is 0 Å². The molecule has 2 rings (SSSR count). The Morgan fingerprint density at radius 3 is 2.88 bits per heavy atom. The third kappa shape index (κ3) is 2.61. The summed E-state index contributed by atoms with van der Waals surface area (Å²) in [5, 5.41) is 6.76. The summed E-state index contributed by atoms with van der Waals surface area (Å²) in [5.41, 5.74) is 0. The summed E-state index contributed by atoms with van der Waals surface area (Å²) in [4.78, 5) is 10.8. The standard InChI is InChI=1S/C11H19N5/c1-8-13-10(6-11(14-8)16(2)3)15-9-4-5-12-7-9/h6,9,12H,4-5,7H2,1-3H3,(H,13,14,15). The van der Waals surface area contributed by atoms with E-state index in [1.165, 1.54) is 0 Å². The van der Waals surface area contributed by atoms with Gasteiger partial charge in [-0.1, -0.05) is 0 Å². The molecule has 0 saturated carbocycles. The predicted octanol–water partition coefficient (Wildman–Crippen LogP) is 0.625. The molecule has 0 bridgehead atoms. The first-order chi connectivity index (χ1) is 7.65. The monoisotopic (exact) mass is 221 g/mol. The first-order valence-corrected chi connectivity index (χ1v) is 5.65. The number of aromatic nitrogens is 2. The zero-order valence-electron chi connectivity index (χ0n) is 10.1. The molecule has 0 aliphatic carbocycles. The number of nitrogens with zero attached hydrogens (tertiary/aromatic N) is 3. The van der Waals surface area contributed by atoms with Crippen LogP contribution in [0.5, 0.6) is 0 Å². The molecule has 2 N–H and O–H groups in total. The Bertz CT molecular complexity index is 357. The fraction of sp³-hybridized carbons (Fsp3) is 0.636. The third-order valence-corrected chi connectivity index (χ3v) is 2.69. The van der Waals surface area contributed by atoms with Gasteiger partial charge in [-0.3, -0.25) is 0 Å². The van der Waals surface area contributed by atoms with E-state index in [0.29, 0.717) is 6.04 Å². The molecule has 1 fully saturated rings. The van der Waals surface area contributed by atoms with E-state index < -0.39 is 0 Å². The van der Waals surface area contributed by atoms with Gasteiger partial charge >= 0.3 is 0 Å². The lowest BCUT2D eigenvalue weighted by Gasteiger charge is -2.16. The second-order valence-electron chi connectivity index (χ2n) is 4.39. The van der Waals surface area contributed by atoms with Crippen LogP contribution in [0.1, 0.15) is 12.2 Å². The Morgan fingerprint density at radius 2 is 2.25 bits per heavy atom. The van der Waals surface area contributed by atoms with Crippen molar-refractivity contribution in [2.45, 2.75) is 19.4 Å². The van der Waals surface area contributed by atoms with Crippen LogP contribution in [0, 0.1) is 6.92 Å². The van der Waals surface area contributed by atoms with Crippen LogP contribution in [0.15, 0.2) is 6.07 Å². The minimum Gasteiger partial charge on any atom is -0.366 e. The van der Waals surface area contributed by atoms with Gasteiger partial charge in [0.05, 0.1) is 0 Å². The summed E-state index contributed by atoms with van der Waals surface area (Å²) in [6, 6.07) is 2.48. The molecule has 5 heteroatoms. The Balaban J connectivity index is 2.13. The maximum absolute atomic E-state index is 4.40. The van der Waals surface area contributed by atoms with Gasteiger partial charge in [-0.2, -0.15) is 0 Å². The van der Waals surface area contributed by atoms with Gasteiger partial charge in [0.2, 0.25) is 0 Å². The number of aryl methyl sites for hydroxylation is 1. The fourth-order valence-electron chi connectivity index (χ4n) is 1.84. The largest absolute Gasteiger partial charge is 0.366 e. The second-order valence-corrected chi connectivity index (χ2v) is 4.39. The van der Waals surface area contributed by atoms with Gasteiger partial charge in [-0.15, -0.1) is 0 Å². The summed E-state index contributed by atoms with van der Waals surface area (Å²) in [6.07, 6.45) is 1.15. The van der Waals surface area contributed by atoms with Crippen molar-refractivity contribution in [3.63, 3.8) is 0 Å². The highest BCUT2D eigenvalue weighted by Crippen LogP contribution is 2.15. The number of nitrogens with one attached hydrogen (secondary N) is 2. The van der Waals surface area contributed by atoms with E-state index in [1.54, 1.807) is 0 Å². The van der Waals surface area contributed by atoms with E-state index in [-0.39, 0.29) is 0 Å². The van der Waals surface area contributed by atoms with E-state index in [2.05, 4.69) is 20.6 Å². The van der Waals surface area contributed by atoms with E-state index in [1.807, 2.05) is 32.0 Å². The van der Waals surface area contributed by atoms with Crippen molar-refractivity contribution in [3.8, 4) is 0 Å². The van der Waals surface area contributed by atoms with Crippen LogP contribution in [-0.2, 0) is 0 Å². The van der Waals surface area contributed by atoms with Crippen LogP contribution in [-0.4, -0.2) is 43.2 Å². The Labute approximate surface area is 96.3 Å². The van der Waals surface area contributed by atoms with Gasteiger partial charge < -0.3 is 15.5 Å². The molecule has 88 valence electrons. The molecule has 1 atom stereocenters. The molecular formula is C11H19N5. The highest BCUT2D eigenvalue weighted by molar-refractivity contribution is 5.49. The Hall–Kier alpha value is -1.36. The quantitative estimate of drug-likeness (QED) is 0.784. The highest BCUT2D eigenvalue weighted by Gasteiger charge is 2.15. The van der Waals surface area contributed by atoms with E-state index in [0.717, 1.165) is 37.0 Å². The van der Waals surface area contributed by atoms with Crippen LogP contribution in [0.3, 0.4) is 0 Å². The molecule has 16 heavy (non-hydrogen) atoms. The average Bonchev–Trinajstić information content (AvgIpc) is 2.69. The molecule has 1 aromatic heterocycles. The first-order valence-electron chi connectivity index (χ1n) is 5.65. The summed E-state index contributed by atoms with van der Waals surface area (Å²) < 4.78 is 0. The smallest absolute Gasteiger partial charge is 0.133 e. The van der Waals surface area contributed by atoms with Crippen molar-refractivity contribution in [2.75, 3.05) is 37.4 Å². The minimum absolute atomic E-state index is 0.490. The fourth-order valence-corrected chi connectivity index (χ4v) is 1.84. The van der Waals surface area contributed by atoms with E-state index in [4.69, 9.17) is 0 Å². The van der Waals surface area contributed by atoms with Gasteiger partial charge in [0.15, 0.2) is 0 Å². The zero-order chi connectivity index (χ0) is 11.5. The van der Waals surface area contributed by atoms with Crippen molar-refractivity contribution >= 4 is 11.6 Å². The lowest BCUT2D eigenvalue weighted by Crippen LogP contribution is -2.23. The van der Waals surface area contributed by atoms with Crippen molar-refractivity contribution in [3.05, 3.63) is 11.9 Å². The molecule has 1 saturated heterocycles. The molecule has 0 spiro atoms. The molecule has 0 amide bonds. The van der Waals surface area contributed by atoms with Gasteiger partial charge in [-0.25, -0.2) is 9.97 Å². The van der Waals surface area contributed by atoms with Gasteiger partial charge in [0, 0.05) is 32.7 Å². The number of rotatable bonds is 3. The Morgan fingerprint density at radius 1 is 1.44 bits per heavy atom. The molecule has 5 nitrogen and oxygen atoms in total. The molecule has 0 aromatic carbocycles. The zero-order valence-corrected chi connectivity index (χ0v) is 10.1. The molecule has 0 radical (unpaired) electrons. The molecule has 1 aliphatic heterocycles. The normalized spacial score (nSPS) is 19.8. The summed E-state index contributed by atoms with van der Waals surface area (Å²) in [6.45, 7) is 4.02. The van der Waals surface area contributed by atoms with Crippen molar-refractivity contribution in [1.82, 2.24) is 15.3 Å². The maximum atomic E-state index is 4.40. The highest BCUT2D eigenvalue weighted by atomic mass is 15.2. The van der Waals surface area contributed by atoms with Gasteiger partial charge in [0.25, 0.3) is 0 Å². The lowest BCUT2D eigenvalue weighted by molar-refractivity contribution is 0.784. The SMILES string of the molecule is Cc1nc(NC2CCNC2)cc(N(C)C)n1. The molecule has 2 heterocycles. The lowest BCUT2D eigenvalue weighted by atomic mass is 10.2. The summed E-state index contributed by atoms with van der Waals surface area (Å²) >= 11 is 0. The van der Waals surface area contributed by atoms with Crippen LogP contribution < -0.4 is 15.5 Å². The molecular weight excluding hydrogens is 202 g/mol. The third-order valence-electron chi connectivity index (χ3n) is 2.69. The number of anilines is 2. The van der Waals surface area contributed by atoms with Crippen molar-refractivity contribution in [1.29, 1.82) is 0 Å². The van der Waals surface area contributed by atoms with Gasteiger partial charge in [0.1, 0.15) is 17.5 Å². The second kappa shape index (κ2) is 4.65. The molecule has 1 aromatic rings. The van der Waals surface area contributed by atoms with E-state index in [9.17, 15) is 0 Å². The van der Waals surface area contributed by atoms with Crippen LogP contribution >= 0.6 is 0 Å². The van der Waals surface area contributed by atoms with Gasteiger partial charge in [-0.05, 0) is 19.9 Å². The summed E-state index contributed by atoms with van der Waals surface area (Å²) in [7, 11) is 3.98. The van der Waals surface area contributed by atoms with Crippen LogP contribution in [0.4, 0.5) is 11.6 Å². The first kappa shape index (κ1) is 11.1. The minimum atomic E-state index is 0.490. The van der Waals surface area contributed by atoms with Crippen molar-refractivity contribution in [2.24, 2.45) is 0 Å². The van der Waals surface area contributed by atoms with Crippen LogP contribution in [0.25, 0.3) is 0 Å². The topological polar surface area (TPSA) is 53.1 Å². The predicted molar refractivity (Wildman–Crippen MR) is 66.0 cm³/mol. The number of hydrogen-bond donors (Lipinski definition) is 2. The number of hydrogen-bond acceptors (Lipinski definition) is 5. The van der Waals surface area contributed by atoms with Crippen LogP contribution in [0.2, 0.25) is 0 Å². The Kier molecular flexibility index (Phi) is 3.24. The maximum Gasteiger partial charge on any atom is 0.133 e. The molecule has 1 aliphatic rings. The molecule has 1 unspecified atom stereocenters. The van der Waals surface area contributed by atoms with Crippen molar-refractivity contribution < 1.29 is 0 Å². The summed E-state index contributed by atoms with van der Waals surface area (Å²) in [5.74, 6) is 2.67.